The fourth-order valence-corrected chi connectivity index (χ4v) is 3.21. The van der Waals surface area contributed by atoms with Crippen LogP contribution in [-0.4, -0.2) is 15.3 Å². The van der Waals surface area contributed by atoms with Crippen LogP contribution in [0.2, 0.25) is 0 Å². The van der Waals surface area contributed by atoms with Gasteiger partial charge in [0.05, 0.1) is 19.4 Å². The van der Waals surface area contributed by atoms with Crippen molar-refractivity contribution < 1.29 is 13.8 Å². The van der Waals surface area contributed by atoms with Crippen LogP contribution in [0, 0.1) is 0 Å². The van der Waals surface area contributed by atoms with Crippen LogP contribution in [0.25, 0.3) is 16.7 Å². The van der Waals surface area contributed by atoms with Crippen molar-refractivity contribution in [3.05, 3.63) is 70.5 Å². The van der Waals surface area contributed by atoms with E-state index in [1.165, 1.54) is 10.5 Å². The lowest BCUT2D eigenvalue weighted by Gasteiger charge is -2.11. The van der Waals surface area contributed by atoms with Gasteiger partial charge in [0, 0.05) is 6.20 Å². The van der Waals surface area contributed by atoms with Crippen molar-refractivity contribution in [1.82, 2.24) is 14.7 Å². The van der Waals surface area contributed by atoms with Gasteiger partial charge in [0.25, 0.3) is 17.1 Å². The molecule has 0 atom stereocenters. The number of amides is 1. The molecular formula is C20H20N5O3+. The lowest BCUT2D eigenvalue weighted by atomic mass is 10.1. The van der Waals surface area contributed by atoms with Crippen molar-refractivity contribution in [2.24, 2.45) is 0 Å². The highest BCUT2D eigenvalue weighted by atomic mass is 16.3. The van der Waals surface area contributed by atoms with Crippen LogP contribution in [0.5, 0.6) is 0 Å². The van der Waals surface area contributed by atoms with Crippen LogP contribution in [0.1, 0.15) is 29.5 Å². The number of nitrogen functional groups attached to an aromatic ring is 1. The fourth-order valence-electron chi connectivity index (χ4n) is 3.21. The Morgan fingerprint density at radius 3 is 2.93 bits per heavy atom. The minimum absolute atomic E-state index is 0.228. The largest absolute Gasteiger partial charge is 0.467 e. The van der Waals surface area contributed by atoms with Gasteiger partial charge >= 0.3 is 0 Å². The molecule has 0 bridgehead atoms. The summed E-state index contributed by atoms with van der Waals surface area (Å²) in [7, 11) is 0. The van der Waals surface area contributed by atoms with E-state index in [1.54, 1.807) is 41.3 Å². The topological polar surface area (TPSA) is 107 Å². The molecule has 28 heavy (non-hydrogen) atoms. The summed E-state index contributed by atoms with van der Waals surface area (Å²) >= 11 is 0. The number of pyridine rings is 2. The molecule has 0 aliphatic rings. The van der Waals surface area contributed by atoms with Gasteiger partial charge in [-0.25, -0.2) is 4.57 Å². The second kappa shape index (κ2) is 7.15. The number of furan rings is 1. The maximum Gasteiger partial charge on any atom is 0.278 e. The third kappa shape index (κ3) is 2.98. The molecule has 0 fully saturated rings. The smallest absolute Gasteiger partial charge is 0.278 e. The fraction of sp³-hybridized carbons (Fsp3) is 0.200. The summed E-state index contributed by atoms with van der Waals surface area (Å²) in [6.07, 6.45) is 3.97. The summed E-state index contributed by atoms with van der Waals surface area (Å²) in [6, 6.07) is 10.4. The number of hydrogen-bond donors (Lipinski definition) is 2. The van der Waals surface area contributed by atoms with Crippen LogP contribution in [0.3, 0.4) is 0 Å². The minimum Gasteiger partial charge on any atom is -0.467 e. The average Bonchev–Trinajstić information content (AvgIpc) is 3.22. The highest BCUT2D eigenvalue weighted by Gasteiger charge is 2.24. The molecule has 8 nitrogen and oxygen atoms in total. The Morgan fingerprint density at radius 2 is 2.18 bits per heavy atom. The standard InChI is InChI=1S/C20H19N5O3/c1-2-8-25-17(21)14(19(26)22-12-13-6-5-10-28-13)11-15-18(25)23-16-7-3-4-9-24(16)20(15)27/h3-7,9-11,21H,2,8,12H2,1H3,(H,22,26)/p+1. The Hall–Kier alpha value is -3.68. The first-order chi connectivity index (χ1) is 13.6. The van der Waals surface area contributed by atoms with Gasteiger partial charge in [-0.3, -0.25) is 14.0 Å². The summed E-state index contributed by atoms with van der Waals surface area (Å²) in [6.45, 7) is 2.76. The minimum atomic E-state index is -0.377. The molecule has 0 saturated carbocycles. The molecule has 1 amide bonds. The summed E-state index contributed by atoms with van der Waals surface area (Å²) in [5.74, 6) is 0.526. The molecule has 0 aromatic carbocycles. The van der Waals surface area contributed by atoms with E-state index in [-0.39, 0.29) is 29.4 Å². The Labute approximate surface area is 160 Å². The Kier molecular flexibility index (Phi) is 4.52. The second-order valence-corrected chi connectivity index (χ2v) is 6.44. The van der Waals surface area contributed by atoms with Gasteiger partial charge in [0.15, 0.2) is 0 Å². The van der Waals surface area contributed by atoms with E-state index >= 15 is 0 Å². The number of nitrogens with two attached hydrogens (primary N) is 1. The van der Waals surface area contributed by atoms with Crippen molar-refractivity contribution >= 4 is 28.4 Å². The van der Waals surface area contributed by atoms with E-state index in [1.807, 2.05) is 13.0 Å². The molecule has 0 spiro atoms. The van der Waals surface area contributed by atoms with Crippen molar-refractivity contribution in [1.29, 1.82) is 0 Å². The number of carbonyl (C=O) groups excluding carboxylic acids is 1. The summed E-state index contributed by atoms with van der Waals surface area (Å²) < 4.78 is 8.42. The first-order valence-corrected chi connectivity index (χ1v) is 9.04. The zero-order valence-electron chi connectivity index (χ0n) is 15.4. The Balaban J connectivity index is 1.88. The number of nitrogens with one attached hydrogen (secondary N) is 1. The van der Waals surface area contributed by atoms with Gasteiger partial charge < -0.3 is 15.5 Å². The number of hydrogen-bond acceptors (Lipinski definition) is 5. The predicted molar refractivity (Wildman–Crippen MR) is 104 cm³/mol. The van der Waals surface area contributed by atoms with Crippen LogP contribution >= 0.6 is 0 Å². The predicted octanol–water partition coefficient (Wildman–Crippen LogP) is 1.65. The average molecular weight is 378 g/mol. The molecule has 0 aliphatic heterocycles. The molecule has 142 valence electrons. The SMILES string of the molecule is CCC[n+]1c(N)c(C(=O)NCc2ccco2)cc2c(=O)n3ccccc3nc21. The maximum atomic E-state index is 13.0. The summed E-state index contributed by atoms with van der Waals surface area (Å²) in [5.41, 5.74) is 7.30. The van der Waals surface area contributed by atoms with Crippen LogP contribution in [0.4, 0.5) is 5.82 Å². The van der Waals surface area contributed by atoms with Crippen molar-refractivity contribution in [2.45, 2.75) is 26.4 Å². The molecule has 8 heteroatoms. The van der Waals surface area contributed by atoms with Crippen molar-refractivity contribution in [2.75, 3.05) is 5.73 Å². The number of rotatable bonds is 5. The van der Waals surface area contributed by atoms with E-state index in [9.17, 15) is 9.59 Å². The van der Waals surface area contributed by atoms with Gasteiger partial charge in [-0.05, 0) is 36.8 Å². The van der Waals surface area contributed by atoms with Gasteiger partial charge in [-0.15, -0.1) is 0 Å². The van der Waals surface area contributed by atoms with Crippen molar-refractivity contribution in [3.8, 4) is 0 Å². The molecule has 4 rings (SSSR count). The normalized spacial score (nSPS) is 11.2. The molecule has 0 unspecified atom stereocenters. The number of anilines is 1. The highest BCUT2D eigenvalue weighted by molar-refractivity contribution is 6.00. The van der Waals surface area contributed by atoms with Crippen LogP contribution in [-0.2, 0) is 13.1 Å². The molecular weight excluding hydrogens is 358 g/mol. The number of aryl methyl sites for hydroxylation is 1. The molecule has 4 heterocycles. The van der Waals surface area contributed by atoms with E-state index in [4.69, 9.17) is 10.2 Å². The molecule has 4 aromatic rings. The summed E-state index contributed by atoms with van der Waals surface area (Å²) in [4.78, 5) is 30.4. The molecule has 0 radical (unpaired) electrons. The van der Waals surface area contributed by atoms with E-state index < -0.39 is 0 Å². The number of aromatic nitrogens is 3. The highest BCUT2D eigenvalue weighted by Crippen LogP contribution is 2.15. The Morgan fingerprint density at radius 1 is 1.32 bits per heavy atom. The first kappa shape index (κ1) is 17.7. The van der Waals surface area contributed by atoms with Crippen molar-refractivity contribution in [3.63, 3.8) is 0 Å². The third-order valence-electron chi connectivity index (χ3n) is 4.56. The lowest BCUT2D eigenvalue weighted by molar-refractivity contribution is -0.658. The Bertz CT molecular complexity index is 1230. The van der Waals surface area contributed by atoms with Gasteiger partial charge in [0.2, 0.25) is 11.5 Å². The zero-order valence-corrected chi connectivity index (χ0v) is 15.4. The number of carbonyl (C=O) groups is 1. The number of fused-ring (bicyclic) bond motifs is 2. The van der Waals surface area contributed by atoms with Crippen LogP contribution < -0.4 is 21.2 Å². The van der Waals surface area contributed by atoms with Crippen LogP contribution in [0.15, 0.2) is 58.1 Å². The molecule has 0 aliphatic carbocycles. The number of nitrogens with zero attached hydrogens (tertiary/aromatic N) is 3. The zero-order chi connectivity index (χ0) is 19.7. The lowest BCUT2D eigenvalue weighted by Crippen LogP contribution is -2.42. The van der Waals surface area contributed by atoms with E-state index in [0.717, 1.165) is 6.42 Å². The molecule has 0 saturated heterocycles. The van der Waals surface area contributed by atoms with E-state index in [2.05, 4.69) is 10.3 Å². The third-order valence-corrected chi connectivity index (χ3v) is 4.56. The maximum absolute atomic E-state index is 13.0. The van der Waals surface area contributed by atoms with Gasteiger partial charge in [-0.2, -0.15) is 0 Å². The monoisotopic (exact) mass is 378 g/mol. The quantitative estimate of drug-likeness (QED) is 0.406. The van der Waals surface area contributed by atoms with Gasteiger partial charge in [-0.1, -0.05) is 18.0 Å². The molecule has 4 aromatic heterocycles. The van der Waals surface area contributed by atoms with Gasteiger partial charge in [0.1, 0.15) is 16.7 Å². The first-order valence-electron chi connectivity index (χ1n) is 9.04. The summed E-state index contributed by atoms with van der Waals surface area (Å²) in [5, 5.41) is 3.12. The molecule has 3 N–H and O–H groups in total. The van der Waals surface area contributed by atoms with E-state index in [0.29, 0.717) is 29.0 Å². The second-order valence-electron chi connectivity index (χ2n) is 6.44.